The van der Waals surface area contributed by atoms with Gasteiger partial charge in [-0.1, -0.05) is 182 Å². The molecule has 0 saturated heterocycles. The summed E-state index contributed by atoms with van der Waals surface area (Å²) in [6.45, 7) is 0. The van der Waals surface area contributed by atoms with Crippen LogP contribution in [0, 0.1) is 0 Å². The van der Waals surface area contributed by atoms with Gasteiger partial charge in [-0.15, -0.1) is 11.3 Å². The third-order valence-corrected chi connectivity index (χ3v) is 17.3. The molecule has 4 nitrogen and oxygen atoms in total. The fourth-order valence-corrected chi connectivity index (χ4v) is 13.9. The fourth-order valence-electron chi connectivity index (χ4n) is 12.6. The second kappa shape index (κ2) is 16.3. The van der Waals surface area contributed by atoms with Gasteiger partial charge < -0.3 is 18.6 Å². The molecule has 0 amide bonds. The van der Waals surface area contributed by atoms with Crippen molar-refractivity contribution in [3.05, 3.63) is 255 Å². The van der Waals surface area contributed by atoms with Gasteiger partial charge in [0.2, 0.25) is 0 Å². The van der Waals surface area contributed by atoms with Crippen molar-refractivity contribution in [3.8, 4) is 0 Å². The highest BCUT2D eigenvalue weighted by Gasteiger charge is 2.25. The monoisotopic (exact) mass is 998 g/mol. The molecule has 0 aliphatic rings. The number of para-hydroxylation sites is 4. The van der Waals surface area contributed by atoms with Crippen molar-refractivity contribution in [2.45, 2.75) is 0 Å². The summed E-state index contributed by atoms with van der Waals surface area (Å²) in [5.41, 5.74) is 9.68. The number of hydrogen-bond acceptors (Lipinski definition) is 5. The van der Waals surface area contributed by atoms with Crippen LogP contribution in [0.15, 0.2) is 264 Å². The highest BCUT2D eigenvalue weighted by atomic mass is 32.1. The van der Waals surface area contributed by atoms with Gasteiger partial charge in [0.05, 0.1) is 11.4 Å². The Balaban J connectivity index is 0.890. The molecule has 0 spiro atoms. The first-order valence-corrected chi connectivity index (χ1v) is 27.0. The van der Waals surface area contributed by atoms with E-state index < -0.39 is 0 Å². The summed E-state index contributed by atoms with van der Waals surface area (Å²) < 4.78 is 16.1. The molecule has 0 atom stereocenters. The second-order valence-electron chi connectivity index (χ2n) is 20.3. The Morgan fingerprint density at radius 1 is 0.260 bits per heavy atom. The van der Waals surface area contributed by atoms with Crippen molar-refractivity contribution in [1.29, 1.82) is 0 Å². The molecule has 0 aliphatic carbocycles. The molecular weight excluding hydrogens is 957 g/mol. The highest BCUT2D eigenvalue weighted by molar-refractivity contribution is 7.27. The Morgan fingerprint density at radius 2 is 0.662 bits per heavy atom. The maximum Gasteiger partial charge on any atom is 0.159 e. The Morgan fingerprint density at radius 3 is 1.22 bits per heavy atom. The van der Waals surface area contributed by atoms with Crippen molar-refractivity contribution >= 4 is 174 Å². The third kappa shape index (κ3) is 6.32. The summed E-state index contributed by atoms with van der Waals surface area (Å²) in [5.74, 6) is 0. The molecule has 0 N–H and O–H groups in total. The molecule has 3 heterocycles. The van der Waals surface area contributed by atoms with Crippen molar-refractivity contribution in [2.75, 3.05) is 9.80 Å². The van der Waals surface area contributed by atoms with Crippen molar-refractivity contribution < 1.29 is 8.83 Å². The van der Waals surface area contributed by atoms with Crippen molar-refractivity contribution in [1.82, 2.24) is 0 Å². The van der Waals surface area contributed by atoms with Crippen LogP contribution in [0.3, 0.4) is 0 Å². The number of nitrogens with zero attached hydrogens (tertiary/aromatic N) is 2. The maximum absolute atomic E-state index is 6.82. The van der Waals surface area contributed by atoms with E-state index in [1.54, 1.807) is 0 Å². The number of thiophene rings is 1. The number of furan rings is 2. The first-order valence-electron chi connectivity index (χ1n) is 26.2. The lowest BCUT2D eigenvalue weighted by molar-refractivity contribution is 0.668. The van der Waals surface area contributed by atoms with Crippen molar-refractivity contribution in [3.63, 3.8) is 0 Å². The topological polar surface area (TPSA) is 32.8 Å². The van der Waals surface area contributed by atoms with Crippen LogP contribution in [0.2, 0.25) is 0 Å². The lowest BCUT2D eigenvalue weighted by atomic mass is 9.96. The normalized spacial score (nSPS) is 12.2. The van der Waals surface area contributed by atoms with E-state index in [2.05, 4.69) is 252 Å². The molecule has 0 fully saturated rings. The van der Waals surface area contributed by atoms with Gasteiger partial charge in [0, 0.05) is 69.9 Å². The van der Waals surface area contributed by atoms with Crippen LogP contribution in [-0.2, 0) is 0 Å². The minimum Gasteiger partial charge on any atom is -0.454 e. The van der Waals surface area contributed by atoms with Crippen molar-refractivity contribution in [2.24, 2.45) is 0 Å². The van der Waals surface area contributed by atoms with Gasteiger partial charge in [-0.3, -0.25) is 0 Å². The number of fused-ring (bicyclic) bond motifs is 20. The van der Waals surface area contributed by atoms with E-state index in [0.717, 1.165) is 78.0 Å². The lowest BCUT2D eigenvalue weighted by Crippen LogP contribution is -2.10. The lowest BCUT2D eigenvalue weighted by Gasteiger charge is -2.26. The average Bonchev–Trinajstić information content (AvgIpc) is 4.20. The number of hydrogen-bond donors (Lipinski definition) is 0. The van der Waals surface area contributed by atoms with E-state index in [4.69, 9.17) is 8.83 Å². The highest BCUT2D eigenvalue weighted by Crippen LogP contribution is 2.50. The number of rotatable bonds is 6. The summed E-state index contributed by atoms with van der Waals surface area (Å²) in [6.07, 6.45) is 0. The summed E-state index contributed by atoms with van der Waals surface area (Å²) in [7, 11) is 0. The standard InChI is InChI=1S/C72H42N2O2S/c1-3-15-51-43(13-1)27-29-45-31-33-47(39-61(45)51)73(64-23-11-21-57-54-18-7-9-25-66(54)75-70(57)64)49-35-37-59-63(41-49)53-17-5-6-20-56(53)69-60-38-36-50(42-68(60)77-72(59)69)74(65-24-12-22-58-55-19-8-10-26-67(55)76-71(58)65)48-34-32-46-30-28-44-14-2-4-16-52(44)62(46)40-48/h1-42H. The Hall–Kier alpha value is -9.94. The van der Waals surface area contributed by atoms with E-state index in [1.165, 1.54) is 84.8 Å². The van der Waals surface area contributed by atoms with Crippen LogP contribution < -0.4 is 9.80 Å². The Kier molecular flexibility index (Phi) is 8.97. The maximum atomic E-state index is 6.82. The van der Waals surface area contributed by atoms with E-state index >= 15 is 0 Å². The molecule has 358 valence electrons. The first kappa shape index (κ1) is 42.4. The molecule has 0 aliphatic heterocycles. The van der Waals surface area contributed by atoms with Gasteiger partial charge in [-0.25, -0.2) is 0 Å². The zero-order chi connectivity index (χ0) is 50.3. The van der Waals surface area contributed by atoms with Gasteiger partial charge in [0.25, 0.3) is 0 Å². The van der Waals surface area contributed by atoms with Crippen LogP contribution in [0.25, 0.3) is 129 Å². The van der Waals surface area contributed by atoms with Crippen LogP contribution in [-0.4, -0.2) is 0 Å². The minimum atomic E-state index is 0.857. The average molecular weight is 999 g/mol. The van der Waals surface area contributed by atoms with E-state index in [9.17, 15) is 0 Å². The van der Waals surface area contributed by atoms with Gasteiger partial charge in [0.1, 0.15) is 11.2 Å². The molecular formula is C72H42N2O2S. The van der Waals surface area contributed by atoms with E-state index in [-0.39, 0.29) is 0 Å². The molecule has 17 aromatic rings. The van der Waals surface area contributed by atoms with Crippen LogP contribution in [0.5, 0.6) is 0 Å². The summed E-state index contributed by atoms with van der Waals surface area (Å²) in [6, 6.07) is 92.8. The molecule has 0 bridgehead atoms. The quantitative estimate of drug-likeness (QED) is 0.155. The van der Waals surface area contributed by atoms with E-state index in [0.29, 0.717) is 0 Å². The van der Waals surface area contributed by atoms with Gasteiger partial charge in [-0.05, 0) is 132 Å². The predicted molar refractivity (Wildman–Crippen MR) is 328 cm³/mol. The molecule has 0 unspecified atom stereocenters. The molecule has 0 radical (unpaired) electrons. The van der Waals surface area contributed by atoms with Crippen LogP contribution in [0.1, 0.15) is 0 Å². The molecule has 0 saturated carbocycles. The van der Waals surface area contributed by atoms with Gasteiger partial charge >= 0.3 is 0 Å². The van der Waals surface area contributed by atoms with E-state index in [1.807, 2.05) is 23.5 Å². The summed E-state index contributed by atoms with van der Waals surface area (Å²) in [4.78, 5) is 4.79. The molecule has 17 rings (SSSR count). The third-order valence-electron chi connectivity index (χ3n) is 16.2. The van der Waals surface area contributed by atoms with Crippen LogP contribution >= 0.6 is 11.3 Å². The smallest absolute Gasteiger partial charge is 0.159 e. The molecule has 3 aromatic heterocycles. The second-order valence-corrected chi connectivity index (χ2v) is 21.4. The fraction of sp³-hybridized carbons (Fsp3) is 0. The molecule has 5 heteroatoms. The zero-order valence-corrected chi connectivity index (χ0v) is 42.2. The molecule has 14 aromatic carbocycles. The Labute approximate surface area is 445 Å². The molecule has 77 heavy (non-hydrogen) atoms. The number of anilines is 6. The largest absolute Gasteiger partial charge is 0.454 e. The summed E-state index contributed by atoms with van der Waals surface area (Å²) in [5, 5.41) is 21.5. The van der Waals surface area contributed by atoms with Gasteiger partial charge in [0.15, 0.2) is 11.2 Å². The predicted octanol–water partition coefficient (Wildman–Crippen LogP) is 21.7. The Bertz CT molecular complexity index is 5330. The SMILES string of the molecule is c1ccc2c(c1)ccc1ccc(N(c3ccc4c(c3)sc3c5ccc(N(c6ccc7ccc8ccccc8c7c6)c6cccc7c6oc6ccccc67)cc5c5ccccc5c43)c3cccc4c3oc3ccccc34)cc12. The number of benzene rings is 14. The van der Waals surface area contributed by atoms with Gasteiger partial charge in [-0.2, -0.15) is 0 Å². The van der Waals surface area contributed by atoms with Crippen LogP contribution in [0.4, 0.5) is 34.1 Å². The minimum absolute atomic E-state index is 0.857. The first-order chi connectivity index (χ1) is 38.2. The summed E-state index contributed by atoms with van der Waals surface area (Å²) >= 11 is 1.87. The zero-order valence-electron chi connectivity index (χ0n) is 41.4.